The molecule has 4 rings (SSSR count). The summed E-state index contributed by atoms with van der Waals surface area (Å²) >= 11 is 3.48. The second-order valence-corrected chi connectivity index (χ2v) is 7.99. The zero-order valence-corrected chi connectivity index (χ0v) is 16.0. The summed E-state index contributed by atoms with van der Waals surface area (Å²) in [6.45, 7) is 1.65. The van der Waals surface area contributed by atoms with E-state index in [4.69, 9.17) is 0 Å². The second-order valence-electron chi connectivity index (χ2n) is 7.07. The molecule has 5 heteroatoms. The third-order valence-corrected chi connectivity index (χ3v) is 5.67. The van der Waals surface area contributed by atoms with Gasteiger partial charge in [0.15, 0.2) is 0 Å². The summed E-state index contributed by atoms with van der Waals surface area (Å²) in [6.07, 6.45) is 3.01. The van der Waals surface area contributed by atoms with E-state index in [2.05, 4.69) is 33.4 Å². The molecule has 4 nitrogen and oxygen atoms in total. The summed E-state index contributed by atoms with van der Waals surface area (Å²) in [5, 5.41) is 2.98. The fourth-order valence-electron chi connectivity index (χ4n) is 3.66. The third kappa shape index (κ3) is 3.68. The number of rotatable bonds is 4. The molecule has 1 N–H and O–H groups in total. The molecule has 2 aromatic rings. The lowest BCUT2D eigenvalue weighted by atomic mass is 10.1. The van der Waals surface area contributed by atoms with E-state index >= 15 is 0 Å². The summed E-state index contributed by atoms with van der Waals surface area (Å²) in [5.74, 6) is 0.363. The highest BCUT2D eigenvalue weighted by molar-refractivity contribution is 9.10. The largest absolute Gasteiger partial charge is 0.339 e. The quantitative estimate of drug-likeness (QED) is 0.807. The van der Waals surface area contributed by atoms with Gasteiger partial charge in [-0.3, -0.25) is 9.59 Å². The number of halogens is 1. The van der Waals surface area contributed by atoms with Crippen LogP contribution in [0.25, 0.3) is 0 Å². The molecule has 2 atom stereocenters. The highest BCUT2D eigenvalue weighted by atomic mass is 79.9. The maximum atomic E-state index is 12.6. The lowest BCUT2D eigenvalue weighted by molar-refractivity contribution is -0.117. The van der Waals surface area contributed by atoms with Gasteiger partial charge in [-0.1, -0.05) is 34.1 Å². The van der Waals surface area contributed by atoms with E-state index < -0.39 is 0 Å². The zero-order valence-electron chi connectivity index (χ0n) is 14.5. The van der Waals surface area contributed by atoms with Gasteiger partial charge in [0.2, 0.25) is 5.91 Å². The molecule has 0 radical (unpaired) electrons. The lowest BCUT2D eigenvalue weighted by Gasteiger charge is -2.15. The summed E-state index contributed by atoms with van der Waals surface area (Å²) in [4.78, 5) is 27.0. The van der Waals surface area contributed by atoms with Crippen molar-refractivity contribution in [1.82, 2.24) is 4.90 Å². The van der Waals surface area contributed by atoms with Crippen LogP contribution in [0.2, 0.25) is 0 Å². The molecule has 2 amide bonds. The van der Waals surface area contributed by atoms with Gasteiger partial charge >= 0.3 is 0 Å². The Bertz CT molecular complexity index is 845. The molecule has 1 aliphatic heterocycles. The van der Waals surface area contributed by atoms with Gasteiger partial charge in [-0.15, -0.1) is 0 Å². The summed E-state index contributed by atoms with van der Waals surface area (Å²) in [5.41, 5.74) is 2.53. The Kier molecular flexibility index (Phi) is 4.81. The average molecular weight is 413 g/mol. The number of anilines is 1. The van der Waals surface area contributed by atoms with Crippen LogP contribution in [0.15, 0.2) is 53.0 Å². The molecule has 2 aliphatic rings. The Labute approximate surface area is 161 Å². The molecule has 0 aromatic heterocycles. The minimum absolute atomic E-state index is 0.00207. The maximum Gasteiger partial charge on any atom is 0.253 e. The predicted octanol–water partition coefficient (Wildman–Crippen LogP) is 4.43. The minimum atomic E-state index is 0.00207. The summed E-state index contributed by atoms with van der Waals surface area (Å²) in [7, 11) is 0. The zero-order chi connectivity index (χ0) is 18.1. The second kappa shape index (κ2) is 7.23. The molecule has 26 heavy (non-hydrogen) atoms. The van der Waals surface area contributed by atoms with Crippen LogP contribution in [0.5, 0.6) is 0 Å². The number of carbonyl (C=O) groups excluding carboxylic acids is 2. The number of hydrogen-bond acceptors (Lipinski definition) is 2. The van der Waals surface area contributed by atoms with E-state index in [0.717, 1.165) is 36.8 Å². The van der Waals surface area contributed by atoms with Gasteiger partial charge in [0.05, 0.1) is 0 Å². The van der Waals surface area contributed by atoms with E-state index in [1.165, 1.54) is 5.56 Å². The molecule has 134 valence electrons. The van der Waals surface area contributed by atoms with Crippen molar-refractivity contribution >= 4 is 33.4 Å². The number of nitrogens with zero attached hydrogens (tertiary/aromatic N) is 1. The molecular formula is C21H21BrN2O2. The van der Waals surface area contributed by atoms with Crippen molar-refractivity contribution < 1.29 is 9.59 Å². The molecule has 1 aliphatic carbocycles. The molecule has 0 spiro atoms. The predicted molar refractivity (Wildman–Crippen MR) is 105 cm³/mol. The van der Waals surface area contributed by atoms with Crippen molar-refractivity contribution in [2.75, 3.05) is 18.4 Å². The number of nitrogens with one attached hydrogen (secondary N) is 1. The van der Waals surface area contributed by atoms with Crippen LogP contribution in [0.3, 0.4) is 0 Å². The van der Waals surface area contributed by atoms with Gasteiger partial charge in [0.25, 0.3) is 5.91 Å². The number of benzene rings is 2. The van der Waals surface area contributed by atoms with E-state index in [9.17, 15) is 9.59 Å². The van der Waals surface area contributed by atoms with Crippen molar-refractivity contribution in [1.29, 1.82) is 0 Å². The highest BCUT2D eigenvalue weighted by Gasteiger charge is 2.44. The molecule has 1 heterocycles. The smallest absolute Gasteiger partial charge is 0.253 e. The maximum absolute atomic E-state index is 12.6. The van der Waals surface area contributed by atoms with E-state index in [1.807, 2.05) is 35.2 Å². The van der Waals surface area contributed by atoms with Gasteiger partial charge in [0, 0.05) is 34.7 Å². The number of carbonyl (C=O) groups is 2. The summed E-state index contributed by atoms with van der Waals surface area (Å²) in [6, 6.07) is 15.4. The summed E-state index contributed by atoms with van der Waals surface area (Å²) < 4.78 is 1.04. The fraction of sp³-hybridized carbons (Fsp3) is 0.333. The van der Waals surface area contributed by atoms with E-state index in [1.54, 1.807) is 6.07 Å². The van der Waals surface area contributed by atoms with Gasteiger partial charge in [-0.05, 0) is 61.1 Å². The SMILES string of the molecule is O=C(Nc1cccc(C(=O)N2CCCC2)c1)C1CC1c1cccc(Br)c1. The lowest BCUT2D eigenvalue weighted by Crippen LogP contribution is -2.27. The van der Waals surface area contributed by atoms with Crippen LogP contribution in [-0.2, 0) is 4.79 Å². The molecule has 1 saturated heterocycles. The minimum Gasteiger partial charge on any atom is -0.339 e. The standard InChI is InChI=1S/C21H21BrN2O2/c22-16-7-3-5-14(11-16)18-13-19(18)20(25)23-17-8-4-6-15(12-17)21(26)24-9-1-2-10-24/h3-8,11-12,18-19H,1-2,9-10,13H2,(H,23,25). The first-order valence-corrected chi connectivity index (χ1v) is 9.87. The Morgan fingerprint density at radius 1 is 1.04 bits per heavy atom. The molecule has 2 fully saturated rings. The van der Waals surface area contributed by atoms with Crippen LogP contribution < -0.4 is 5.32 Å². The van der Waals surface area contributed by atoms with Crippen molar-refractivity contribution in [3.8, 4) is 0 Å². The van der Waals surface area contributed by atoms with E-state index in [0.29, 0.717) is 11.3 Å². The monoisotopic (exact) mass is 412 g/mol. The van der Waals surface area contributed by atoms with Crippen molar-refractivity contribution in [3.05, 3.63) is 64.1 Å². The third-order valence-electron chi connectivity index (χ3n) is 5.17. The molecule has 1 saturated carbocycles. The fourth-order valence-corrected chi connectivity index (χ4v) is 4.08. The van der Waals surface area contributed by atoms with Crippen LogP contribution in [0, 0.1) is 5.92 Å². The topological polar surface area (TPSA) is 49.4 Å². The molecule has 2 unspecified atom stereocenters. The Morgan fingerprint density at radius 3 is 2.58 bits per heavy atom. The first-order chi connectivity index (χ1) is 12.6. The Balaban J connectivity index is 1.41. The van der Waals surface area contributed by atoms with Crippen LogP contribution in [-0.4, -0.2) is 29.8 Å². The van der Waals surface area contributed by atoms with Crippen LogP contribution in [0.4, 0.5) is 5.69 Å². The van der Waals surface area contributed by atoms with Crippen LogP contribution >= 0.6 is 15.9 Å². The normalized spacial score (nSPS) is 21.5. The Hall–Kier alpha value is -2.14. The first kappa shape index (κ1) is 17.3. The average Bonchev–Trinajstić information content (AvgIpc) is 3.27. The van der Waals surface area contributed by atoms with Crippen molar-refractivity contribution in [2.24, 2.45) is 5.92 Å². The first-order valence-electron chi connectivity index (χ1n) is 9.07. The van der Waals surface area contributed by atoms with Gasteiger partial charge < -0.3 is 10.2 Å². The molecule has 0 bridgehead atoms. The highest BCUT2D eigenvalue weighted by Crippen LogP contribution is 2.48. The van der Waals surface area contributed by atoms with Crippen LogP contribution in [0.1, 0.15) is 41.1 Å². The van der Waals surface area contributed by atoms with Crippen molar-refractivity contribution in [3.63, 3.8) is 0 Å². The number of hydrogen-bond donors (Lipinski definition) is 1. The van der Waals surface area contributed by atoms with Gasteiger partial charge in [-0.2, -0.15) is 0 Å². The number of amides is 2. The molecular weight excluding hydrogens is 392 g/mol. The number of likely N-dealkylation sites (tertiary alicyclic amines) is 1. The van der Waals surface area contributed by atoms with Crippen molar-refractivity contribution in [2.45, 2.75) is 25.2 Å². The Morgan fingerprint density at radius 2 is 1.81 bits per heavy atom. The van der Waals surface area contributed by atoms with Gasteiger partial charge in [-0.25, -0.2) is 0 Å². The van der Waals surface area contributed by atoms with Gasteiger partial charge in [0.1, 0.15) is 0 Å². The molecule has 2 aromatic carbocycles. The van der Waals surface area contributed by atoms with E-state index in [-0.39, 0.29) is 23.7 Å².